The molecular weight excluding hydrogens is 349 g/mol. The van der Waals surface area contributed by atoms with Crippen LogP contribution in [0.15, 0.2) is 41.7 Å². The maximum Gasteiger partial charge on any atom is 0.417 e. The lowest BCUT2D eigenvalue weighted by Crippen LogP contribution is -2.45. The molecule has 1 saturated heterocycles. The number of anilines is 1. The molecule has 26 heavy (non-hydrogen) atoms. The molecule has 0 N–H and O–H groups in total. The van der Waals surface area contributed by atoms with Gasteiger partial charge in [-0.1, -0.05) is 23.4 Å². The quantitative estimate of drug-likeness (QED) is 0.617. The molecule has 0 aliphatic carbocycles. The first kappa shape index (κ1) is 18.0. The molecule has 1 amide bonds. The number of nitrogens with zero attached hydrogens (tertiary/aromatic N) is 4. The maximum absolute atomic E-state index is 13.0. The second-order valence-electron chi connectivity index (χ2n) is 5.89. The van der Waals surface area contributed by atoms with Crippen LogP contribution in [0.5, 0.6) is 0 Å². The summed E-state index contributed by atoms with van der Waals surface area (Å²) in [4.78, 5) is 19.2. The lowest BCUT2D eigenvalue weighted by Gasteiger charge is -2.29. The molecule has 1 aliphatic heterocycles. The van der Waals surface area contributed by atoms with Gasteiger partial charge in [0.1, 0.15) is 0 Å². The van der Waals surface area contributed by atoms with Gasteiger partial charge < -0.3 is 4.84 Å². The SMILES string of the molecule is Cn1ccc(N2CCCC(O/N=C/c3ccccc3C(F)(F)F)C2=O)n1. The highest BCUT2D eigenvalue weighted by atomic mass is 19.4. The lowest BCUT2D eigenvalue weighted by molar-refractivity contribution is -0.137. The van der Waals surface area contributed by atoms with Gasteiger partial charge in [0, 0.05) is 31.4 Å². The summed E-state index contributed by atoms with van der Waals surface area (Å²) in [6.45, 7) is 0.510. The van der Waals surface area contributed by atoms with Crippen molar-refractivity contribution in [3.05, 3.63) is 47.7 Å². The molecule has 2 aromatic rings. The molecule has 1 atom stereocenters. The van der Waals surface area contributed by atoms with Gasteiger partial charge in [-0.05, 0) is 18.9 Å². The van der Waals surface area contributed by atoms with Crippen LogP contribution in [-0.4, -0.2) is 34.6 Å². The van der Waals surface area contributed by atoms with E-state index >= 15 is 0 Å². The minimum absolute atomic E-state index is 0.121. The van der Waals surface area contributed by atoms with Gasteiger partial charge in [-0.3, -0.25) is 14.4 Å². The van der Waals surface area contributed by atoms with Crippen molar-refractivity contribution in [2.75, 3.05) is 11.4 Å². The molecule has 1 aromatic carbocycles. The van der Waals surface area contributed by atoms with Crippen LogP contribution >= 0.6 is 0 Å². The first-order valence-electron chi connectivity index (χ1n) is 8.02. The van der Waals surface area contributed by atoms with Gasteiger partial charge in [-0.25, -0.2) is 0 Å². The fourth-order valence-corrected chi connectivity index (χ4v) is 2.74. The van der Waals surface area contributed by atoms with E-state index in [-0.39, 0.29) is 11.5 Å². The van der Waals surface area contributed by atoms with Gasteiger partial charge >= 0.3 is 6.18 Å². The van der Waals surface area contributed by atoms with Crippen LogP contribution in [0.2, 0.25) is 0 Å². The van der Waals surface area contributed by atoms with Crippen LogP contribution in [0, 0.1) is 0 Å². The van der Waals surface area contributed by atoms with Crippen molar-refractivity contribution in [3.8, 4) is 0 Å². The van der Waals surface area contributed by atoms with E-state index in [0.717, 1.165) is 12.3 Å². The van der Waals surface area contributed by atoms with Crippen LogP contribution in [0.1, 0.15) is 24.0 Å². The Hall–Kier alpha value is -2.84. The average Bonchev–Trinajstić information content (AvgIpc) is 3.02. The number of carbonyl (C=O) groups is 1. The number of aryl methyl sites for hydroxylation is 1. The highest BCUT2D eigenvalue weighted by molar-refractivity contribution is 5.96. The van der Waals surface area contributed by atoms with Crippen molar-refractivity contribution in [1.29, 1.82) is 0 Å². The molecule has 9 heteroatoms. The Balaban J connectivity index is 1.70. The third-order valence-corrected chi connectivity index (χ3v) is 4.01. The molecule has 6 nitrogen and oxygen atoms in total. The fourth-order valence-electron chi connectivity index (χ4n) is 2.74. The van der Waals surface area contributed by atoms with Crippen LogP contribution in [0.25, 0.3) is 0 Å². The van der Waals surface area contributed by atoms with Crippen molar-refractivity contribution >= 4 is 17.9 Å². The Morgan fingerprint density at radius 1 is 1.31 bits per heavy atom. The Bertz CT molecular complexity index is 816. The van der Waals surface area contributed by atoms with Crippen molar-refractivity contribution in [3.63, 3.8) is 0 Å². The van der Waals surface area contributed by atoms with Gasteiger partial charge in [0.05, 0.1) is 11.8 Å². The summed E-state index contributed by atoms with van der Waals surface area (Å²) in [6, 6.07) is 6.75. The minimum atomic E-state index is -4.49. The molecule has 1 aromatic heterocycles. The van der Waals surface area contributed by atoms with Gasteiger partial charge in [0.2, 0.25) is 6.10 Å². The van der Waals surface area contributed by atoms with Crippen molar-refractivity contribution in [1.82, 2.24) is 9.78 Å². The second-order valence-corrected chi connectivity index (χ2v) is 5.89. The molecule has 0 saturated carbocycles. The predicted octanol–water partition coefficient (Wildman–Crippen LogP) is 2.99. The van der Waals surface area contributed by atoms with Crippen LogP contribution < -0.4 is 4.90 Å². The number of benzene rings is 1. The highest BCUT2D eigenvalue weighted by Gasteiger charge is 2.34. The monoisotopic (exact) mass is 366 g/mol. The molecule has 0 bridgehead atoms. The Morgan fingerprint density at radius 2 is 2.08 bits per heavy atom. The average molecular weight is 366 g/mol. The zero-order valence-corrected chi connectivity index (χ0v) is 14.0. The van der Waals surface area contributed by atoms with E-state index in [1.807, 2.05) is 0 Å². The number of hydrogen-bond acceptors (Lipinski definition) is 4. The smallest absolute Gasteiger partial charge is 0.382 e. The molecule has 138 valence electrons. The third kappa shape index (κ3) is 3.87. The molecule has 1 fully saturated rings. The Labute approximate surface area is 147 Å². The first-order chi connectivity index (χ1) is 12.4. The summed E-state index contributed by atoms with van der Waals surface area (Å²) in [7, 11) is 1.74. The van der Waals surface area contributed by atoms with E-state index in [1.54, 1.807) is 24.0 Å². The van der Waals surface area contributed by atoms with E-state index in [9.17, 15) is 18.0 Å². The summed E-state index contributed by atoms with van der Waals surface area (Å²) in [5, 5.41) is 7.81. The predicted molar refractivity (Wildman–Crippen MR) is 88.7 cm³/mol. The first-order valence-corrected chi connectivity index (χ1v) is 8.02. The Kier molecular flexibility index (Phi) is 4.97. The van der Waals surface area contributed by atoms with Crippen molar-refractivity contribution < 1.29 is 22.8 Å². The van der Waals surface area contributed by atoms with Crippen molar-refractivity contribution in [2.24, 2.45) is 12.2 Å². The maximum atomic E-state index is 13.0. The van der Waals surface area contributed by atoms with Gasteiger partial charge in [-0.2, -0.15) is 18.3 Å². The molecule has 3 rings (SSSR count). The molecule has 0 spiro atoms. The molecule has 0 radical (unpaired) electrons. The number of hydrogen-bond donors (Lipinski definition) is 0. The number of rotatable bonds is 4. The number of aromatic nitrogens is 2. The molecule has 1 aliphatic rings. The largest absolute Gasteiger partial charge is 0.417 e. The molecular formula is C17H17F3N4O2. The van der Waals surface area contributed by atoms with Crippen molar-refractivity contribution in [2.45, 2.75) is 25.1 Å². The molecule has 1 unspecified atom stereocenters. The Morgan fingerprint density at radius 3 is 2.77 bits per heavy atom. The summed E-state index contributed by atoms with van der Waals surface area (Å²) in [5.41, 5.74) is -0.928. The van der Waals surface area contributed by atoms with Gasteiger partial charge in [0.15, 0.2) is 5.82 Å². The number of halogens is 3. The topological polar surface area (TPSA) is 59.7 Å². The minimum Gasteiger partial charge on any atom is -0.382 e. The number of carbonyl (C=O) groups excluding carboxylic acids is 1. The summed E-state index contributed by atoms with van der Waals surface area (Å²) < 4.78 is 40.5. The normalized spacial score (nSPS) is 18.5. The summed E-state index contributed by atoms with van der Waals surface area (Å²) in [5.74, 6) is 0.202. The molecule has 2 heterocycles. The zero-order valence-electron chi connectivity index (χ0n) is 14.0. The van der Waals surface area contributed by atoms with E-state index < -0.39 is 17.8 Å². The summed E-state index contributed by atoms with van der Waals surface area (Å²) >= 11 is 0. The number of oxime groups is 1. The van der Waals surface area contributed by atoms with E-state index in [2.05, 4.69) is 10.3 Å². The van der Waals surface area contributed by atoms with Crippen LogP contribution in [0.3, 0.4) is 0 Å². The lowest BCUT2D eigenvalue weighted by atomic mass is 10.1. The van der Waals surface area contributed by atoms with E-state index in [0.29, 0.717) is 25.2 Å². The van der Waals surface area contributed by atoms with Crippen LogP contribution in [-0.2, 0) is 22.9 Å². The third-order valence-electron chi connectivity index (χ3n) is 4.01. The van der Waals surface area contributed by atoms with E-state index in [1.165, 1.54) is 23.1 Å². The van der Waals surface area contributed by atoms with Gasteiger partial charge in [0.25, 0.3) is 5.91 Å². The second kappa shape index (κ2) is 7.19. The zero-order chi connectivity index (χ0) is 18.7. The summed E-state index contributed by atoms with van der Waals surface area (Å²) in [6.07, 6.45) is -1.50. The van der Waals surface area contributed by atoms with E-state index in [4.69, 9.17) is 4.84 Å². The van der Waals surface area contributed by atoms with Crippen LogP contribution in [0.4, 0.5) is 19.0 Å². The number of alkyl halides is 3. The fraction of sp³-hybridized carbons (Fsp3) is 0.353. The number of piperidine rings is 1. The van der Waals surface area contributed by atoms with Gasteiger partial charge in [-0.15, -0.1) is 0 Å². The highest BCUT2D eigenvalue weighted by Crippen LogP contribution is 2.31. The number of amides is 1. The standard InChI is InChI=1S/C17H17F3N4O2/c1-23-10-8-15(22-23)24-9-4-7-14(16(24)25)26-21-11-12-5-2-3-6-13(12)17(18,19)20/h2-3,5-6,8,10-11,14H,4,7,9H2,1H3/b21-11+.